The van der Waals surface area contributed by atoms with Crippen molar-refractivity contribution in [1.29, 1.82) is 5.26 Å². The lowest BCUT2D eigenvalue weighted by Gasteiger charge is -2.37. The number of anilines is 1. The number of esters is 2. The monoisotopic (exact) mass is 516 g/mol. The standard InChI is InChI=1S/C30H32N2O6/c1-7-37-28(35)30(17-31)24-15-13-19-10-8-9-11-21(19)32(24)26(27(34)29(3,4)5)25(30)20-12-14-22(38-18(2)33)23(16-20)36-6/h8-16,24-26H,7H2,1-6H3/t24-,25-,26+,30-/m1/s1. The highest BCUT2D eigenvalue weighted by Crippen LogP contribution is 2.57. The van der Waals surface area contributed by atoms with E-state index in [0.29, 0.717) is 5.56 Å². The quantitative estimate of drug-likeness (QED) is 0.403. The van der Waals surface area contributed by atoms with Gasteiger partial charge in [-0.2, -0.15) is 5.26 Å². The van der Waals surface area contributed by atoms with Crippen LogP contribution in [0.1, 0.15) is 51.7 Å². The summed E-state index contributed by atoms with van der Waals surface area (Å²) in [5.74, 6) is -1.81. The van der Waals surface area contributed by atoms with E-state index >= 15 is 0 Å². The van der Waals surface area contributed by atoms with Crippen LogP contribution in [0.2, 0.25) is 0 Å². The second kappa shape index (κ2) is 9.97. The number of Topliss-reactive ketones (excluding diaryl/α,β-unsaturated/α-hetero) is 1. The van der Waals surface area contributed by atoms with Crippen molar-refractivity contribution in [3.63, 3.8) is 0 Å². The van der Waals surface area contributed by atoms with Gasteiger partial charge in [-0.25, -0.2) is 0 Å². The van der Waals surface area contributed by atoms with E-state index < -0.39 is 40.8 Å². The van der Waals surface area contributed by atoms with E-state index in [2.05, 4.69) is 6.07 Å². The Morgan fingerprint density at radius 3 is 2.42 bits per heavy atom. The fourth-order valence-corrected chi connectivity index (χ4v) is 5.55. The van der Waals surface area contributed by atoms with Crippen LogP contribution in [0.5, 0.6) is 11.5 Å². The lowest BCUT2D eigenvalue weighted by molar-refractivity contribution is -0.152. The Bertz CT molecular complexity index is 1350. The van der Waals surface area contributed by atoms with Crippen molar-refractivity contribution in [2.45, 2.75) is 52.6 Å². The highest BCUT2D eigenvalue weighted by molar-refractivity contribution is 5.99. The van der Waals surface area contributed by atoms with Crippen molar-refractivity contribution < 1.29 is 28.6 Å². The molecule has 38 heavy (non-hydrogen) atoms. The van der Waals surface area contributed by atoms with Crippen molar-refractivity contribution in [3.05, 3.63) is 59.7 Å². The predicted molar refractivity (Wildman–Crippen MR) is 142 cm³/mol. The first-order valence-corrected chi connectivity index (χ1v) is 12.6. The number of ketones is 1. The third kappa shape index (κ3) is 4.22. The minimum Gasteiger partial charge on any atom is -0.493 e. The fourth-order valence-electron chi connectivity index (χ4n) is 5.55. The van der Waals surface area contributed by atoms with Crippen molar-refractivity contribution in [3.8, 4) is 17.6 Å². The van der Waals surface area contributed by atoms with Gasteiger partial charge in [-0.3, -0.25) is 14.4 Å². The first-order chi connectivity index (χ1) is 18.0. The summed E-state index contributed by atoms with van der Waals surface area (Å²) < 4.78 is 16.3. The second-order valence-corrected chi connectivity index (χ2v) is 10.5. The first kappa shape index (κ1) is 26.9. The molecule has 0 radical (unpaired) electrons. The van der Waals surface area contributed by atoms with Crippen molar-refractivity contribution >= 4 is 29.5 Å². The molecular formula is C30H32N2O6. The summed E-state index contributed by atoms with van der Waals surface area (Å²) in [6.45, 7) is 8.53. The van der Waals surface area contributed by atoms with Gasteiger partial charge < -0.3 is 19.1 Å². The summed E-state index contributed by atoms with van der Waals surface area (Å²) in [6, 6.07) is 13.1. The summed E-state index contributed by atoms with van der Waals surface area (Å²) in [7, 11) is 1.43. The van der Waals surface area contributed by atoms with Gasteiger partial charge in [0.1, 0.15) is 0 Å². The largest absolute Gasteiger partial charge is 0.493 e. The Hall–Kier alpha value is -4.12. The average Bonchev–Trinajstić information content (AvgIpc) is 3.19. The van der Waals surface area contributed by atoms with E-state index in [1.54, 1.807) is 25.1 Å². The molecular weight excluding hydrogens is 484 g/mol. The Labute approximate surface area is 222 Å². The number of nitriles is 1. The molecule has 8 nitrogen and oxygen atoms in total. The van der Waals surface area contributed by atoms with Gasteiger partial charge in [0.2, 0.25) is 0 Å². The van der Waals surface area contributed by atoms with Crippen molar-refractivity contribution in [2.24, 2.45) is 10.8 Å². The van der Waals surface area contributed by atoms with Gasteiger partial charge in [0.05, 0.1) is 31.9 Å². The highest BCUT2D eigenvalue weighted by Gasteiger charge is 2.68. The predicted octanol–water partition coefficient (Wildman–Crippen LogP) is 4.68. The number of hydrogen-bond donors (Lipinski definition) is 0. The molecule has 4 rings (SSSR count). The number of fused-ring (bicyclic) bond motifs is 3. The van der Waals surface area contributed by atoms with E-state index in [9.17, 15) is 19.6 Å². The smallest absolute Gasteiger partial charge is 0.329 e. The number of benzene rings is 2. The minimum atomic E-state index is -1.75. The fraction of sp³-hybridized carbons (Fsp3) is 0.400. The molecule has 2 heterocycles. The Kier molecular flexibility index (Phi) is 7.07. The van der Waals surface area contributed by atoms with E-state index in [4.69, 9.17) is 14.2 Å². The van der Waals surface area contributed by atoms with Crippen LogP contribution in [0.15, 0.2) is 48.5 Å². The summed E-state index contributed by atoms with van der Waals surface area (Å²) in [6.07, 6.45) is 3.70. The topological polar surface area (TPSA) is 106 Å². The van der Waals surface area contributed by atoms with E-state index in [1.165, 1.54) is 14.0 Å². The van der Waals surface area contributed by atoms with Crippen LogP contribution >= 0.6 is 0 Å². The van der Waals surface area contributed by atoms with Gasteiger partial charge in [-0.05, 0) is 36.2 Å². The number of rotatable bonds is 6. The van der Waals surface area contributed by atoms with Crippen LogP contribution in [0.4, 0.5) is 5.69 Å². The van der Waals surface area contributed by atoms with Gasteiger partial charge in [0.15, 0.2) is 22.7 Å². The molecule has 0 aromatic heterocycles. The molecule has 1 fully saturated rings. The van der Waals surface area contributed by atoms with Crippen molar-refractivity contribution in [2.75, 3.05) is 18.6 Å². The SMILES string of the molecule is CCOC(=O)[C@@]1(C#N)[C@H](c2ccc(OC(C)=O)c(OC)c2)[C@@H](C(=O)C(C)(C)C)N2c3ccccc3C=C[C@@H]21. The van der Waals surface area contributed by atoms with Gasteiger partial charge in [-0.15, -0.1) is 0 Å². The highest BCUT2D eigenvalue weighted by atomic mass is 16.6. The molecule has 2 aromatic carbocycles. The van der Waals surface area contributed by atoms with E-state index in [1.807, 2.05) is 62.1 Å². The second-order valence-electron chi connectivity index (χ2n) is 10.5. The van der Waals surface area contributed by atoms with Gasteiger partial charge in [0.25, 0.3) is 0 Å². The third-order valence-electron chi connectivity index (χ3n) is 7.15. The number of hydrogen-bond acceptors (Lipinski definition) is 8. The zero-order valence-corrected chi connectivity index (χ0v) is 22.5. The number of ether oxygens (including phenoxy) is 3. The zero-order valence-electron chi connectivity index (χ0n) is 22.5. The molecule has 198 valence electrons. The summed E-state index contributed by atoms with van der Waals surface area (Å²) in [5, 5.41) is 10.8. The van der Waals surface area contributed by atoms with E-state index in [0.717, 1.165) is 11.3 Å². The van der Waals surface area contributed by atoms with Crippen LogP contribution in [0, 0.1) is 22.2 Å². The third-order valence-corrected chi connectivity index (χ3v) is 7.15. The van der Waals surface area contributed by atoms with Crippen LogP contribution in [0.25, 0.3) is 6.08 Å². The maximum absolute atomic E-state index is 14.2. The van der Waals surface area contributed by atoms with Crippen LogP contribution < -0.4 is 14.4 Å². The molecule has 8 heteroatoms. The molecule has 2 aromatic rings. The molecule has 2 aliphatic rings. The first-order valence-electron chi connectivity index (χ1n) is 12.6. The minimum absolute atomic E-state index is 0.0780. The lowest BCUT2D eigenvalue weighted by atomic mass is 9.67. The van der Waals surface area contributed by atoms with Crippen LogP contribution in [0.3, 0.4) is 0 Å². The number of para-hydroxylation sites is 1. The van der Waals surface area contributed by atoms with Crippen LogP contribution in [-0.4, -0.2) is 43.5 Å². The summed E-state index contributed by atoms with van der Waals surface area (Å²) in [5.41, 5.74) is -0.368. The maximum atomic E-state index is 14.2. The molecule has 0 amide bonds. The number of methoxy groups -OCH3 is 1. The molecule has 0 saturated carbocycles. The van der Waals surface area contributed by atoms with E-state index in [-0.39, 0.29) is 23.9 Å². The molecule has 2 aliphatic heterocycles. The Morgan fingerprint density at radius 2 is 1.82 bits per heavy atom. The number of carbonyl (C=O) groups excluding carboxylic acids is 3. The normalized spacial score (nSPS) is 23.6. The molecule has 0 N–H and O–H groups in total. The molecule has 1 saturated heterocycles. The van der Waals surface area contributed by atoms with Crippen molar-refractivity contribution in [1.82, 2.24) is 0 Å². The maximum Gasteiger partial charge on any atom is 0.329 e. The van der Waals surface area contributed by atoms with Gasteiger partial charge >= 0.3 is 11.9 Å². The summed E-state index contributed by atoms with van der Waals surface area (Å²) in [4.78, 5) is 41.6. The Morgan fingerprint density at radius 1 is 1.11 bits per heavy atom. The molecule has 0 spiro atoms. The molecule has 0 unspecified atom stereocenters. The molecule has 4 atom stereocenters. The van der Waals surface area contributed by atoms with Gasteiger partial charge in [0, 0.05) is 23.9 Å². The lowest BCUT2D eigenvalue weighted by Crippen LogP contribution is -2.48. The van der Waals surface area contributed by atoms with Crippen LogP contribution in [-0.2, 0) is 19.1 Å². The Balaban J connectivity index is 2.05. The molecule has 0 aliphatic carbocycles. The number of carbonyl (C=O) groups is 3. The van der Waals surface area contributed by atoms with Gasteiger partial charge in [-0.1, -0.05) is 57.2 Å². The molecule has 0 bridgehead atoms. The zero-order chi connectivity index (χ0) is 27.8. The summed E-state index contributed by atoms with van der Waals surface area (Å²) >= 11 is 0. The number of nitrogens with zero attached hydrogens (tertiary/aromatic N) is 2. The average molecular weight is 517 g/mol.